The maximum absolute atomic E-state index is 13.0. The number of thioether (sulfide) groups is 1. The molecule has 3 aromatic heterocycles. The first kappa shape index (κ1) is 18.2. The van der Waals surface area contributed by atoms with Crippen LogP contribution in [0.2, 0.25) is 5.02 Å². The zero-order chi connectivity index (χ0) is 19.1. The number of rotatable bonds is 5. The van der Waals surface area contributed by atoms with Gasteiger partial charge < -0.3 is 4.74 Å². The number of thiophene rings is 1. The maximum atomic E-state index is 13.0. The molecule has 28 heavy (non-hydrogen) atoms. The summed E-state index contributed by atoms with van der Waals surface area (Å²) in [5.41, 5.74) is 1.99. The predicted octanol–water partition coefficient (Wildman–Crippen LogP) is 4.23. The molecule has 9 heteroatoms. The van der Waals surface area contributed by atoms with Crippen LogP contribution in [0.15, 0.2) is 45.7 Å². The van der Waals surface area contributed by atoms with E-state index in [9.17, 15) is 4.79 Å². The monoisotopic (exact) mass is 432 g/mol. The number of hydrogen-bond donors (Lipinski definition) is 0. The van der Waals surface area contributed by atoms with Crippen molar-refractivity contribution in [1.82, 2.24) is 19.2 Å². The van der Waals surface area contributed by atoms with Crippen LogP contribution >= 0.6 is 34.7 Å². The van der Waals surface area contributed by atoms with Gasteiger partial charge in [0.15, 0.2) is 5.16 Å². The number of hydrogen-bond acceptors (Lipinski definition) is 6. The van der Waals surface area contributed by atoms with Gasteiger partial charge in [-0.05, 0) is 42.0 Å². The van der Waals surface area contributed by atoms with Gasteiger partial charge in [0.05, 0.1) is 18.2 Å². The summed E-state index contributed by atoms with van der Waals surface area (Å²) in [4.78, 5) is 13.0. The first-order valence-corrected chi connectivity index (χ1v) is 11.3. The van der Waals surface area contributed by atoms with E-state index < -0.39 is 0 Å². The van der Waals surface area contributed by atoms with Crippen molar-refractivity contribution in [2.75, 3.05) is 6.61 Å². The number of benzene rings is 1. The minimum atomic E-state index is -0.0188. The van der Waals surface area contributed by atoms with Gasteiger partial charge in [-0.2, -0.15) is 0 Å². The quantitative estimate of drug-likeness (QED) is 0.441. The fourth-order valence-corrected chi connectivity index (χ4v) is 5.32. The van der Waals surface area contributed by atoms with Gasteiger partial charge in [-0.15, -0.1) is 21.5 Å². The Bertz CT molecular complexity index is 1190. The van der Waals surface area contributed by atoms with Crippen LogP contribution in [0.25, 0.3) is 16.0 Å². The van der Waals surface area contributed by atoms with Crippen molar-refractivity contribution in [2.24, 2.45) is 0 Å². The molecule has 144 valence electrons. The van der Waals surface area contributed by atoms with Gasteiger partial charge in [0, 0.05) is 17.4 Å². The van der Waals surface area contributed by atoms with E-state index in [0.29, 0.717) is 12.3 Å². The maximum Gasteiger partial charge on any atom is 0.272 e. The molecule has 0 unspecified atom stereocenters. The lowest BCUT2D eigenvalue weighted by molar-refractivity contribution is 0.0969. The molecular formula is C19H17ClN4O2S2. The minimum absolute atomic E-state index is 0.0188. The van der Waals surface area contributed by atoms with Crippen molar-refractivity contribution in [1.29, 1.82) is 0 Å². The van der Waals surface area contributed by atoms with Gasteiger partial charge in [-0.25, -0.2) is 0 Å². The molecule has 4 heterocycles. The summed E-state index contributed by atoms with van der Waals surface area (Å²) < 4.78 is 10.2. The Morgan fingerprint density at radius 3 is 2.89 bits per heavy atom. The highest BCUT2D eigenvalue weighted by Crippen LogP contribution is 2.27. The Balaban J connectivity index is 1.56. The van der Waals surface area contributed by atoms with Crippen LogP contribution in [0.5, 0.6) is 0 Å². The molecule has 1 aliphatic heterocycles. The van der Waals surface area contributed by atoms with E-state index in [-0.39, 0.29) is 11.7 Å². The number of aromatic nitrogens is 4. The van der Waals surface area contributed by atoms with Gasteiger partial charge in [-0.3, -0.25) is 13.8 Å². The van der Waals surface area contributed by atoms with E-state index >= 15 is 0 Å². The molecule has 1 fully saturated rings. The highest BCUT2D eigenvalue weighted by atomic mass is 35.5. The van der Waals surface area contributed by atoms with E-state index in [4.69, 9.17) is 16.3 Å². The van der Waals surface area contributed by atoms with E-state index in [2.05, 4.69) is 10.2 Å². The SMILES string of the molecule is O=c1c2sccc2n2c(SCc3ccc(Cl)cc3)nnc2n1C[C@H]1CCCO1. The number of halogens is 1. The van der Waals surface area contributed by atoms with Crippen molar-refractivity contribution in [2.45, 2.75) is 36.4 Å². The molecule has 0 N–H and O–H groups in total. The molecule has 6 nitrogen and oxygen atoms in total. The third-order valence-corrected chi connectivity index (χ3v) is 7.02. The molecule has 0 radical (unpaired) electrons. The Hall–Kier alpha value is -1.87. The molecule has 0 spiro atoms. The topological polar surface area (TPSA) is 61.4 Å². The number of nitrogens with zero attached hydrogens (tertiary/aromatic N) is 4. The summed E-state index contributed by atoms with van der Waals surface area (Å²) in [6.45, 7) is 1.27. The number of ether oxygens (including phenoxy) is 1. The Kier molecular flexibility index (Phi) is 4.88. The first-order chi connectivity index (χ1) is 13.7. The fourth-order valence-electron chi connectivity index (χ4n) is 3.48. The van der Waals surface area contributed by atoms with E-state index in [1.54, 1.807) is 16.3 Å². The molecule has 0 bridgehead atoms. The lowest BCUT2D eigenvalue weighted by Crippen LogP contribution is -2.28. The van der Waals surface area contributed by atoms with Gasteiger partial charge in [0.25, 0.3) is 5.56 Å². The van der Waals surface area contributed by atoms with Crippen LogP contribution in [0.1, 0.15) is 18.4 Å². The molecule has 5 rings (SSSR count). The van der Waals surface area contributed by atoms with E-state index in [0.717, 1.165) is 51.2 Å². The molecular weight excluding hydrogens is 416 g/mol. The second kappa shape index (κ2) is 7.51. The lowest BCUT2D eigenvalue weighted by atomic mass is 10.2. The van der Waals surface area contributed by atoms with Gasteiger partial charge >= 0.3 is 0 Å². The van der Waals surface area contributed by atoms with Crippen molar-refractivity contribution in [3.63, 3.8) is 0 Å². The molecule has 4 aromatic rings. The standard InChI is InChI=1S/C19H17ClN4O2S2/c20-13-5-3-12(4-6-13)11-28-19-22-21-18-23(10-14-2-1-8-26-14)17(25)16-15(24(18)19)7-9-27-16/h3-7,9,14H,1-2,8,10-11H2/t14-/m1/s1. The summed E-state index contributed by atoms with van der Waals surface area (Å²) >= 11 is 9.02. The Morgan fingerprint density at radius 1 is 1.25 bits per heavy atom. The zero-order valence-electron chi connectivity index (χ0n) is 14.9. The zero-order valence-corrected chi connectivity index (χ0v) is 17.3. The van der Waals surface area contributed by atoms with Crippen LogP contribution in [0, 0.1) is 0 Å². The Labute approximate surface area is 174 Å². The molecule has 1 aliphatic rings. The van der Waals surface area contributed by atoms with Crippen LogP contribution in [0.4, 0.5) is 0 Å². The second-order valence-electron chi connectivity index (χ2n) is 6.72. The molecule has 0 amide bonds. The van der Waals surface area contributed by atoms with Crippen LogP contribution in [-0.2, 0) is 17.0 Å². The van der Waals surface area contributed by atoms with Crippen LogP contribution in [-0.4, -0.2) is 31.9 Å². The highest BCUT2D eigenvalue weighted by Gasteiger charge is 2.22. The Morgan fingerprint density at radius 2 is 2.11 bits per heavy atom. The van der Waals surface area contributed by atoms with Crippen LogP contribution < -0.4 is 5.56 Å². The third kappa shape index (κ3) is 3.24. The molecule has 0 aliphatic carbocycles. The van der Waals surface area contributed by atoms with Crippen molar-refractivity contribution >= 4 is 50.7 Å². The third-order valence-electron chi connectivity index (χ3n) is 4.87. The minimum Gasteiger partial charge on any atom is -0.376 e. The highest BCUT2D eigenvalue weighted by molar-refractivity contribution is 7.98. The fraction of sp³-hybridized carbons (Fsp3) is 0.316. The first-order valence-electron chi connectivity index (χ1n) is 9.05. The normalized spacial score (nSPS) is 17.1. The number of fused-ring (bicyclic) bond motifs is 3. The van der Waals surface area contributed by atoms with E-state index in [1.807, 2.05) is 40.1 Å². The van der Waals surface area contributed by atoms with E-state index in [1.165, 1.54) is 11.3 Å². The summed E-state index contributed by atoms with van der Waals surface area (Å²) in [5, 5.41) is 12.2. The van der Waals surface area contributed by atoms with Gasteiger partial charge in [-0.1, -0.05) is 35.5 Å². The lowest BCUT2D eigenvalue weighted by Gasteiger charge is -2.13. The molecule has 0 saturated carbocycles. The molecule has 1 aromatic carbocycles. The summed E-state index contributed by atoms with van der Waals surface area (Å²) in [7, 11) is 0. The van der Waals surface area contributed by atoms with Crippen molar-refractivity contribution < 1.29 is 4.74 Å². The average Bonchev–Trinajstić information content (AvgIpc) is 3.44. The molecule has 1 saturated heterocycles. The average molecular weight is 433 g/mol. The van der Waals surface area contributed by atoms with Gasteiger partial charge in [0.2, 0.25) is 5.78 Å². The summed E-state index contributed by atoms with van der Waals surface area (Å²) in [6, 6.07) is 9.74. The predicted molar refractivity (Wildman–Crippen MR) is 113 cm³/mol. The summed E-state index contributed by atoms with van der Waals surface area (Å²) in [5.74, 6) is 1.32. The van der Waals surface area contributed by atoms with Crippen LogP contribution in [0.3, 0.4) is 0 Å². The second-order valence-corrected chi connectivity index (χ2v) is 9.01. The van der Waals surface area contributed by atoms with Crippen molar-refractivity contribution in [3.05, 3.63) is 56.7 Å². The molecule has 1 atom stereocenters. The largest absolute Gasteiger partial charge is 0.376 e. The van der Waals surface area contributed by atoms with Gasteiger partial charge in [0.1, 0.15) is 4.70 Å². The smallest absolute Gasteiger partial charge is 0.272 e. The summed E-state index contributed by atoms with van der Waals surface area (Å²) in [6.07, 6.45) is 2.06. The van der Waals surface area contributed by atoms with Crippen molar-refractivity contribution in [3.8, 4) is 0 Å².